The Morgan fingerprint density at radius 2 is 2.00 bits per heavy atom. The maximum Gasteiger partial charge on any atom is 0.345 e. The molecule has 0 saturated heterocycles. The normalized spacial score (nSPS) is 12.3. The topological polar surface area (TPSA) is 54.4 Å². The summed E-state index contributed by atoms with van der Waals surface area (Å²) in [6.45, 7) is 0. The van der Waals surface area contributed by atoms with Crippen molar-refractivity contribution in [1.82, 2.24) is 0 Å². The molecule has 0 saturated carbocycles. The molecule has 0 spiro atoms. The minimum Gasteiger partial charge on any atom is -0.477 e. The van der Waals surface area contributed by atoms with Gasteiger partial charge in [-0.15, -0.1) is 11.3 Å². The first-order valence-electron chi connectivity index (χ1n) is 5.03. The van der Waals surface area contributed by atoms with Crippen LogP contribution in [0.1, 0.15) is 14.5 Å². The smallest absolute Gasteiger partial charge is 0.345 e. The van der Waals surface area contributed by atoms with Gasteiger partial charge in [-0.25, -0.2) is 9.18 Å². The minimum absolute atomic E-state index is 0.124. The number of carbonyl (C=O) groups is 1. The fraction of sp³-hybridized carbons (Fsp3) is 0.0833. The van der Waals surface area contributed by atoms with Gasteiger partial charge < -0.3 is 5.11 Å². The first-order chi connectivity index (χ1) is 8.58. The molecule has 0 radical (unpaired) electrons. The van der Waals surface area contributed by atoms with Gasteiger partial charge in [0.2, 0.25) is 0 Å². The Bertz CT molecular complexity index is 607. The van der Waals surface area contributed by atoms with E-state index in [0.717, 1.165) is 11.3 Å². The zero-order valence-electron chi connectivity index (χ0n) is 9.13. The maximum absolute atomic E-state index is 13.4. The van der Waals surface area contributed by atoms with E-state index in [1.54, 1.807) is 12.1 Å². The molecule has 0 fully saturated rings. The molecule has 18 heavy (non-hydrogen) atoms. The summed E-state index contributed by atoms with van der Waals surface area (Å²) in [5.74, 6) is -1.40. The predicted octanol–water partition coefficient (Wildman–Crippen LogP) is 2.89. The Morgan fingerprint density at radius 3 is 2.61 bits per heavy atom. The molecule has 1 N–H and O–H groups in total. The first kappa shape index (κ1) is 12.9. The summed E-state index contributed by atoms with van der Waals surface area (Å²) < 4.78 is 25.3. The van der Waals surface area contributed by atoms with Gasteiger partial charge in [-0.05, 0) is 24.3 Å². The van der Waals surface area contributed by atoms with Crippen LogP contribution < -0.4 is 0 Å². The van der Waals surface area contributed by atoms with Crippen LogP contribution in [0.3, 0.4) is 0 Å². The monoisotopic (exact) mass is 284 g/mol. The van der Waals surface area contributed by atoms with E-state index >= 15 is 0 Å². The molecule has 94 valence electrons. The van der Waals surface area contributed by atoms with Crippen molar-refractivity contribution in [2.45, 2.75) is 10.6 Å². The van der Waals surface area contributed by atoms with Crippen molar-refractivity contribution in [2.24, 2.45) is 0 Å². The summed E-state index contributed by atoms with van der Waals surface area (Å²) in [6.07, 6.45) is 0. The van der Waals surface area contributed by atoms with Gasteiger partial charge in [0.05, 0.1) is 21.4 Å². The zero-order chi connectivity index (χ0) is 13.1. The molecule has 1 aromatic heterocycles. The fourth-order valence-electron chi connectivity index (χ4n) is 1.41. The lowest BCUT2D eigenvalue weighted by molar-refractivity contribution is 0.0702. The largest absolute Gasteiger partial charge is 0.477 e. The van der Waals surface area contributed by atoms with Gasteiger partial charge in [-0.1, -0.05) is 12.1 Å². The second-order valence-corrected chi connectivity index (χ2v) is 6.08. The Morgan fingerprint density at radius 1 is 1.28 bits per heavy atom. The summed E-state index contributed by atoms with van der Waals surface area (Å²) in [5, 5.41) is 8.77. The summed E-state index contributed by atoms with van der Waals surface area (Å²) in [7, 11) is -1.50. The third-order valence-electron chi connectivity index (χ3n) is 2.23. The predicted molar refractivity (Wildman–Crippen MR) is 67.8 cm³/mol. The summed E-state index contributed by atoms with van der Waals surface area (Å²) in [5.41, 5.74) is 0. The lowest BCUT2D eigenvalue weighted by atomic mass is 10.3. The molecule has 2 rings (SSSR count). The van der Waals surface area contributed by atoms with E-state index in [2.05, 4.69) is 0 Å². The molecule has 0 amide bonds. The van der Waals surface area contributed by atoms with Crippen LogP contribution in [0, 0.1) is 5.82 Å². The van der Waals surface area contributed by atoms with Crippen LogP contribution in [0.15, 0.2) is 41.3 Å². The van der Waals surface area contributed by atoms with Crippen molar-refractivity contribution in [3.05, 3.63) is 52.0 Å². The molecule has 1 heterocycles. The van der Waals surface area contributed by atoms with E-state index in [1.807, 2.05) is 0 Å². The first-order valence-corrected chi connectivity index (χ1v) is 7.16. The van der Waals surface area contributed by atoms with Gasteiger partial charge in [-0.3, -0.25) is 4.21 Å². The molecular weight excluding hydrogens is 275 g/mol. The van der Waals surface area contributed by atoms with Crippen LogP contribution in [0.5, 0.6) is 0 Å². The van der Waals surface area contributed by atoms with Crippen LogP contribution in [0.2, 0.25) is 0 Å². The number of aromatic carboxylic acids is 1. The number of hydrogen-bond donors (Lipinski definition) is 1. The molecule has 1 aromatic carbocycles. The highest BCUT2D eigenvalue weighted by Gasteiger charge is 2.13. The number of carboxylic acid groups (broad SMARTS) is 1. The van der Waals surface area contributed by atoms with E-state index in [-0.39, 0.29) is 15.5 Å². The van der Waals surface area contributed by atoms with E-state index in [9.17, 15) is 13.4 Å². The third kappa shape index (κ3) is 2.83. The lowest BCUT2D eigenvalue weighted by Crippen LogP contribution is -1.97. The Hall–Kier alpha value is -1.53. The Kier molecular flexibility index (Phi) is 3.88. The molecule has 0 aliphatic carbocycles. The average Bonchev–Trinajstić information content (AvgIpc) is 2.78. The van der Waals surface area contributed by atoms with E-state index in [4.69, 9.17) is 5.11 Å². The van der Waals surface area contributed by atoms with Gasteiger partial charge in [0.1, 0.15) is 10.7 Å². The van der Waals surface area contributed by atoms with Crippen molar-refractivity contribution >= 4 is 28.1 Å². The third-order valence-corrected chi connectivity index (χ3v) is 4.88. The SMILES string of the molecule is O=C(O)c1ccc(CS(=O)c2ccccc2F)s1. The number of halogens is 1. The van der Waals surface area contributed by atoms with E-state index in [0.29, 0.717) is 4.88 Å². The Labute approximate surface area is 109 Å². The lowest BCUT2D eigenvalue weighted by Gasteiger charge is -2.01. The molecule has 0 bridgehead atoms. The second kappa shape index (κ2) is 5.41. The van der Waals surface area contributed by atoms with Crippen LogP contribution in [0.25, 0.3) is 0 Å². The molecule has 1 atom stereocenters. The van der Waals surface area contributed by atoms with Crippen molar-refractivity contribution in [1.29, 1.82) is 0 Å². The number of thiophene rings is 1. The minimum atomic E-state index is -1.50. The van der Waals surface area contributed by atoms with Gasteiger partial charge in [-0.2, -0.15) is 0 Å². The van der Waals surface area contributed by atoms with Crippen molar-refractivity contribution < 1.29 is 18.5 Å². The molecular formula is C12H9FO3S2. The van der Waals surface area contributed by atoms with Gasteiger partial charge in [0, 0.05) is 4.88 Å². The quantitative estimate of drug-likeness (QED) is 0.939. The highest BCUT2D eigenvalue weighted by molar-refractivity contribution is 7.84. The van der Waals surface area contributed by atoms with Crippen LogP contribution in [-0.2, 0) is 16.6 Å². The fourth-order valence-corrected chi connectivity index (χ4v) is 3.63. The Balaban J connectivity index is 2.16. The van der Waals surface area contributed by atoms with Crippen LogP contribution >= 0.6 is 11.3 Å². The summed E-state index contributed by atoms with van der Waals surface area (Å²) in [4.78, 5) is 11.7. The van der Waals surface area contributed by atoms with Gasteiger partial charge in [0.25, 0.3) is 0 Å². The molecule has 0 aliphatic rings. The standard InChI is InChI=1S/C12H9FO3S2/c13-9-3-1-2-4-11(9)18(16)7-8-5-6-10(17-8)12(14)15/h1-6H,7H2,(H,14,15). The molecule has 1 unspecified atom stereocenters. The van der Waals surface area contributed by atoms with Gasteiger partial charge in [0.15, 0.2) is 0 Å². The van der Waals surface area contributed by atoms with Crippen molar-refractivity contribution in [3.63, 3.8) is 0 Å². The summed E-state index contributed by atoms with van der Waals surface area (Å²) in [6, 6.07) is 8.94. The number of rotatable bonds is 4. The average molecular weight is 284 g/mol. The maximum atomic E-state index is 13.4. The van der Waals surface area contributed by atoms with Crippen molar-refractivity contribution in [3.8, 4) is 0 Å². The van der Waals surface area contributed by atoms with E-state index < -0.39 is 22.6 Å². The molecule has 6 heteroatoms. The van der Waals surface area contributed by atoms with Crippen LogP contribution in [-0.4, -0.2) is 15.3 Å². The number of benzene rings is 1. The molecule has 0 aliphatic heterocycles. The summed E-state index contributed by atoms with van der Waals surface area (Å²) >= 11 is 1.05. The molecule has 3 nitrogen and oxygen atoms in total. The van der Waals surface area contributed by atoms with Crippen LogP contribution in [0.4, 0.5) is 4.39 Å². The highest BCUT2D eigenvalue weighted by Crippen LogP contribution is 2.21. The number of hydrogen-bond acceptors (Lipinski definition) is 3. The zero-order valence-corrected chi connectivity index (χ0v) is 10.8. The second-order valence-electron chi connectivity index (χ2n) is 3.49. The van der Waals surface area contributed by atoms with Crippen molar-refractivity contribution in [2.75, 3.05) is 0 Å². The van der Waals surface area contributed by atoms with Gasteiger partial charge >= 0.3 is 5.97 Å². The number of carboxylic acids is 1. The molecule has 2 aromatic rings. The highest BCUT2D eigenvalue weighted by atomic mass is 32.2. The van der Waals surface area contributed by atoms with E-state index in [1.165, 1.54) is 24.3 Å².